The second-order valence-electron chi connectivity index (χ2n) is 3.54. The highest BCUT2D eigenvalue weighted by Gasteiger charge is 2.05. The van der Waals surface area contributed by atoms with E-state index in [1.165, 1.54) is 5.56 Å². The fourth-order valence-corrected chi connectivity index (χ4v) is 1.57. The van der Waals surface area contributed by atoms with Gasteiger partial charge in [0.15, 0.2) is 5.78 Å². The Labute approximate surface area is 95.8 Å². The van der Waals surface area contributed by atoms with Crippen molar-refractivity contribution < 1.29 is 4.79 Å². The van der Waals surface area contributed by atoms with Gasteiger partial charge in [-0.1, -0.05) is 36.7 Å². The van der Waals surface area contributed by atoms with Crippen molar-refractivity contribution in [2.45, 2.75) is 26.2 Å². The van der Waals surface area contributed by atoms with E-state index in [-0.39, 0.29) is 5.78 Å². The van der Waals surface area contributed by atoms with Crippen molar-refractivity contribution >= 4 is 17.4 Å². The SMILES string of the molecule is CCC(C=CC(C)=O)c1ccc(Cl)cc1. The Kier molecular flexibility index (Phi) is 4.57. The van der Waals surface area contributed by atoms with Crippen molar-refractivity contribution in [2.75, 3.05) is 0 Å². The monoisotopic (exact) mass is 222 g/mol. The number of hydrogen-bond donors (Lipinski definition) is 0. The molecule has 2 heteroatoms. The van der Waals surface area contributed by atoms with Gasteiger partial charge in [-0.3, -0.25) is 4.79 Å². The van der Waals surface area contributed by atoms with Gasteiger partial charge in [0.25, 0.3) is 0 Å². The van der Waals surface area contributed by atoms with Crippen molar-refractivity contribution in [1.29, 1.82) is 0 Å². The molecule has 1 aromatic carbocycles. The maximum atomic E-state index is 10.8. The third kappa shape index (κ3) is 3.88. The molecule has 0 radical (unpaired) electrons. The minimum atomic E-state index is 0.0856. The second-order valence-corrected chi connectivity index (χ2v) is 3.97. The van der Waals surface area contributed by atoms with Gasteiger partial charge in [0.05, 0.1) is 0 Å². The third-order valence-corrected chi connectivity index (χ3v) is 2.55. The normalized spacial score (nSPS) is 13.0. The van der Waals surface area contributed by atoms with Gasteiger partial charge in [-0.05, 0) is 37.1 Å². The van der Waals surface area contributed by atoms with Crippen LogP contribution in [0.1, 0.15) is 31.7 Å². The van der Waals surface area contributed by atoms with Gasteiger partial charge in [0.1, 0.15) is 0 Å². The lowest BCUT2D eigenvalue weighted by Gasteiger charge is -2.10. The molecule has 0 saturated heterocycles. The fraction of sp³-hybridized carbons (Fsp3) is 0.308. The van der Waals surface area contributed by atoms with Crippen LogP contribution in [0.25, 0.3) is 0 Å². The summed E-state index contributed by atoms with van der Waals surface area (Å²) in [4.78, 5) is 10.8. The van der Waals surface area contributed by atoms with Crippen LogP contribution in [0.2, 0.25) is 5.02 Å². The van der Waals surface area contributed by atoms with E-state index in [4.69, 9.17) is 11.6 Å². The van der Waals surface area contributed by atoms with Crippen LogP contribution in [0.15, 0.2) is 36.4 Å². The lowest BCUT2D eigenvalue weighted by molar-refractivity contribution is -0.112. The van der Waals surface area contributed by atoms with Gasteiger partial charge in [-0.25, -0.2) is 0 Å². The van der Waals surface area contributed by atoms with Crippen LogP contribution in [0.4, 0.5) is 0 Å². The van der Waals surface area contributed by atoms with Crippen molar-refractivity contribution in [3.05, 3.63) is 47.0 Å². The molecule has 1 atom stereocenters. The van der Waals surface area contributed by atoms with Crippen LogP contribution in [0, 0.1) is 0 Å². The zero-order valence-corrected chi connectivity index (χ0v) is 9.79. The molecule has 0 bridgehead atoms. The highest BCUT2D eigenvalue weighted by molar-refractivity contribution is 6.30. The first-order valence-electron chi connectivity index (χ1n) is 5.07. The van der Waals surface area contributed by atoms with Gasteiger partial charge in [-0.2, -0.15) is 0 Å². The molecule has 0 N–H and O–H groups in total. The van der Waals surface area contributed by atoms with E-state index in [9.17, 15) is 4.79 Å². The second kappa shape index (κ2) is 5.72. The van der Waals surface area contributed by atoms with E-state index in [0.29, 0.717) is 5.92 Å². The largest absolute Gasteiger partial charge is 0.295 e. The van der Waals surface area contributed by atoms with Crippen molar-refractivity contribution in [1.82, 2.24) is 0 Å². The zero-order chi connectivity index (χ0) is 11.3. The number of carbonyl (C=O) groups excluding carboxylic acids is 1. The molecule has 0 aliphatic carbocycles. The molecule has 1 rings (SSSR count). The van der Waals surface area contributed by atoms with E-state index >= 15 is 0 Å². The molecule has 0 spiro atoms. The smallest absolute Gasteiger partial charge is 0.152 e. The maximum absolute atomic E-state index is 10.8. The highest BCUT2D eigenvalue weighted by atomic mass is 35.5. The van der Waals surface area contributed by atoms with Crippen LogP contribution in [-0.2, 0) is 4.79 Å². The fourth-order valence-electron chi connectivity index (χ4n) is 1.44. The topological polar surface area (TPSA) is 17.1 Å². The van der Waals surface area contributed by atoms with E-state index in [1.54, 1.807) is 13.0 Å². The summed E-state index contributed by atoms with van der Waals surface area (Å²) in [6, 6.07) is 7.75. The summed E-state index contributed by atoms with van der Waals surface area (Å²) in [5.41, 5.74) is 1.19. The molecular weight excluding hydrogens is 208 g/mol. The molecule has 0 fully saturated rings. The third-order valence-electron chi connectivity index (χ3n) is 2.30. The first-order valence-corrected chi connectivity index (χ1v) is 5.45. The van der Waals surface area contributed by atoms with E-state index in [1.807, 2.05) is 30.3 Å². The quantitative estimate of drug-likeness (QED) is 0.705. The summed E-state index contributed by atoms with van der Waals surface area (Å²) in [6.45, 7) is 3.66. The molecule has 1 nitrogen and oxygen atoms in total. The van der Waals surface area contributed by atoms with Gasteiger partial charge in [-0.15, -0.1) is 0 Å². The van der Waals surface area contributed by atoms with Crippen molar-refractivity contribution in [3.63, 3.8) is 0 Å². The minimum Gasteiger partial charge on any atom is -0.295 e. The summed E-state index contributed by atoms with van der Waals surface area (Å²) >= 11 is 5.81. The number of benzene rings is 1. The van der Waals surface area contributed by atoms with Crippen LogP contribution in [0.3, 0.4) is 0 Å². The molecule has 1 aromatic rings. The van der Waals surface area contributed by atoms with Crippen LogP contribution in [-0.4, -0.2) is 5.78 Å². The molecular formula is C13H15ClO. The van der Waals surface area contributed by atoms with Gasteiger partial charge in [0.2, 0.25) is 0 Å². The Morgan fingerprint density at radius 1 is 1.40 bits per heavy atom. The zero-order valence-electron chi connectivity index (χ0n) is 9.03. The van der Waals surface area contributed by atoms with Crippen molar-refractivity contribution in [2.24, 2.45) is 0 Å². The van der Waals surface area contributed by atoms with Gasteiger partial charge >= 0.3 is 0 Å². The average Bonchev–Trinajstić information content (AvgIpc) is 2.21. The summed E-state index contributed by atoms with van der Waals surface area (Å²) in [5.74, 6) is 0.383. The Morgan fingerprint density at radius 2 is 2.00 bits per heavy atom. The first-order chi connectivity index (χ1) is 7.13. The maximum Gasteiger partial charge on any atom is 0.152 e. The molecule has 0 saturated carbocycles. The Morgan fingerprint density at radius 3 is 2.47 bits per heavy atom. The molecule has 0 amide bonds. The summed E-state index contributed by atoms with van der Waals surface area (Å²) < 4.78 is 0. The number of halogens is 1. The molecule has 0 aromatic heterocycles. The lowest BCUT2D eigenvalue weighted by atomic mass is 9.96. The first kappa shape index (κ1) is 12.0. The highest BCUT2D eigenvalue weighted by Crippen LogP contribution is 2.22. The molecule has 0 aliphatic heterocycles. The average molecular weight is 223 g/mol. The number of ketones is 1. The number of rotatable bonds is 4. The summed E-state index contributed by atoms with van der Waals surface area (Å²) in [6.07, 6.45) is 4.56. The molecule has 0 heterocycles. The van der Waals surface area contributed by atoms with Gasteiger partial charge < -0.3 is 0 Å². The van der Waals surface area contributed by atoms with Crippen LogP contribution >= 0.6 is 11.6 Å². The Bertz CT molecular complexity index is 351. The standard InChI is InChI=1S/C13H15ClO/c1-3-11(5-4-10(2)15)12-6-8-13(14)9-7-12/h4-9,11H,3H2,1-2H3. The van der Waals surface area contributed by atoms with E-state index < -0.39 is 0 Å². The Balaban J connectivity index is 2.83. The van der Waals surface area contributed by atoms with Crippen molar-refractivity contribution in [3.8, 4) is 0 Å². The van der Waals surface area contributed by atoms with E-state index in [0.717, 1.165) is 11.4 Å². The Hall–Kier alpha value is -1.08. The molecule has 1 unspecified atom stereocenters. The molecule has 80 valence electrons. The summed E-state index contributed by atoms with van der Waals surface area (Å²) in [5, 5.41) is 0.740. The number of carbonyl (C=O) groups is 1. The predicted molar refractivity (Wildman–Crippen MR) is 64.3 cm³/mol. The predicted octanol–water partition coefficient (Wildman–Crippen LogP) is 3.98. The van der Waals surface area contributed by atoms with Crippen LogP contribution < -0.4 is 0 Å². The number of hydrogen-bond acceptors (Lipinski definition) is 1. The minimum absolute atomic E-state index is 0.0856. The molecule has 0 aliphatic rings. The lowest BCUT2D eigenvalue weighted by Crippen LogP contribution is -1.94. The van der Waals surface area contributed by atoms with Crippen LogP contribution in [0.5, 0.6) is 0 Å². The van der Waals surface area contributed by atoms with E-state index in [2.05, 4.69) is 6.92 Å². The number of allylic oxidation sites excluding steroid dienone is 2. The summed E-state index contributed by atoms with van der Waals surface area (Å²) in [7, 11) is 0. The van der Waals surface area contributed by atoms with Gasteiger partial charge in [0, 0.05) is 10.9 Å². The molecule has 15 heavy (non-hydrogen) atoms.